The van der Waals surface area contributed by atoms with Crippen LogP contribution in [0.2, 0.25) is 0 Å². The van der Waals surface area contributed by atoms with Crippen LogP contribution in [0.1, 0.15) is 0 Å². The van der Waals surface area contributed by atoms with Crippen LogP contribution in [0, 0.1) is 176 Å². The van der Waals surface area contributed by atoms with Gasteiger partial charge in [-0.1, -0.05) is 0 Å². The molecule has 0 saturated heterocycles. The average molecular weight is 1190 g/mol. The molecule has 0 aromatic rings. The summed E-state index contributed by atoms with van der Waals surface area (Å²) >= 11 is -5.17. The molecule has 0 heterocycles. The van der Waals surface area contributed by atoms with E-state index in [1.807, 2.05) is 0 Å². The van der Waals surface area contributed by atoms with Gasteiger partial charge in [0, 0.05) is 176 Å². The molecule has 4 nitrogen and oxygen atoms in total. The van der Waals surface area contributed by atoms with Crippen LogP contribution < -0.4 is 0 Å². The van der Waals surface area contributed by atoms with Gasteiger partial charge in [0.2, 0.25) is 0 Å². The number of hydrogen-bond donors (Lipinski definition) is 4. The SMILES string of the molecule is [Ac].[Ac].[Ac].[Ac].[OH][Po]([OH])([OH])[OH]. The molecule has 0 rings (SSSR count). The van der Waals surface area contributed by atoms with Gasteiger partial charge in [-0.2, -0.15) is 0 Å². The van der Waals surface area contributed by atoms with E-state index in [-0.39, 0.29) is 176 Å². The van der Waals surface area contributed by atoms with Gasteiger partial charge in [0.25, 0.3) is 0 Å². The predicted molar refractivity (Wildman–Crippen MR) is 14.6 cm³/mol. The van der Waals surface area contributed by atoms with Crippen molar-refractivity contribution >= 4 is 22.3 Å². The Kier molecular flexibility index (Phi) is 55.6. The Hall–Kier alpha value is 6.50. The number of hydrogen-bond acceptors (Lipinski definition) is 4. The molecule has 0 aromatic carbocycles. The zero-order chi connectivity index (χ0) is 4.50. The molecule has 0 aliphatic carbocycles. The van der Waals surface area contributed by atoms with Crippen LogP contribution in [-0.4, -0.2) is 34.9 Å². The third-order valence-electron chi connectivity index (χ3n) is 0. The molecule has 9 heavy (non-hydrogen) atoms. The Morgan fingerprint density at radius 3 is 0.556 bits per heavy atom. The molecule has 0 fully saturated rings. The molecule has 0 aliphatic heterocycles. The van der Waals surface area contributed by atoms with Crippen molar-refractivity contribution < 1.29 is 189 Å². The molecule has 0 aliphatic rings. The van der Waals surface area contributed by atoms with Crippen molar-refractivity contribution in [2.75, 3.05) is 0 Å². The summed E-state index contributed by atoms with van der Waals surface area (Å²) in [5.74, 6) is 0. The third kappa shape index (κ3) is 53.6. The fourth-order valence-electron chi connectivity index (χ4n) is 0. The van der Waals surface area contributed by atoms with E-state index in [1.54, 1.807) is 0 Å². The van der Waals surface area contributed by atoms with E-state index < -0.39 is 22.3 Å². The molecule has 0 unspecified atom stereocenters. The molecule has 4 radical (unpaired) electrons. The fourth-order valence-corrected chi connectivity index (χ4v) is 0. The summed E-state index contributed by atoms with van der Waals surface area (Å²) in [7, 11) is 0. The summed E-state index contributed by atoms with van der Waals surface area (Å²) in [6.45, 7) is 0. The van der Waals surface area contributed by atoms with Gasteiger partial charge in [-0.15, -0.1) is 0 Å². The second kappa shape index (κ2) is 16.9. The normalized spacial score (nSPS) is 8.44. The van der Waals surface area contributed by atoms with Gasteiger partial charge in [-0.3, -0.25) is 0 Å². The molecule has 0 bridgehead atoms. The average Bonchev–Trinajstić information content (AvgIpc) is 0.722. The molecule has 0 spiro atoms. The van der Waals surface area contributed by atoms with Crippen LogP contribution >= 0.6 is 0 Å². The first kappa shape index (κ1) is 29.6. The molecule has 0 saturated carbocycles. The third-order valence-corrected chi connectivity index (χ3v) is 0. The topological polar surface area (TPSA) is 80.9 Å². The quantitative estimate of drug-likeness (QED) is 0.215. The Morgan fingerprint density at radius 1 is 0.556 bits per heavy atom. The van der Waals surface area contributed by atoms with Gasteiger partial charge in [-0.25, -0.2) is 0 Å². The van der Waals surface area contributed by atoms with Crippen molar-refractivity contribution in [3.63, 3.8) is 0 Å². The molecule has 4 N–H and O–H groups in total. The van der Waals surface area contributed by atoms with Crippen LogP contribution in [0.25, 0.3) is 0 Å². The first-order chi connectivity index (χ1) is 2.00. The van der Waals surface area contributed by atoms with Crippen molar-refractivity contribution in [2.45, 2.75) is 0 Å². The molecule has 0 amide bonds. The fraction of sp³-hybridized carbons (Fsp3) is 0. The Labute approximate surface area is 204 Å². The second-order valence-corrected chi connectivity index (χ2v) is 4.30. The van der Waals surface area contributed by atoms with Crippen LogP contribution in [0.15, 0.2) is 0 Å². The summed E-state index contributed by atoms with van der Waals surface area (Å²) in [5.41, 5.74) is 0. The van der Waals surface area contributed by atoms with E-state index in [2.05, 4.69) is 0 Å². The zero-order valence-corrected chi connectivity index (χ0v) is 26.7. The second-order valence-electron chi connectivity index (χ2n) is 0.490. The summed E-state index contributed by atoms with van der Waals surface area (Å²) < 4.78 is 29.6. The van der Waals surface area contributed by atoms with Crippen LogP contribution in [0.3, 0.4) is 0 Å². The predicted octanol–water partition coefficient (Wildman–Crippen LogP) is -2.61. The Bertz CT molecular complexity index is 28.0. The van der Waals surface area contributed by atoms with Gasteiger partial charge >= 0.3 is 34.9 Å². The Morgan fingerprint density at radius 2 is 0.556 bits per heavy atom. The van der Waals surface area contributed by atoms with E-state index >= 15 is 0 Å². The van der Waals surface area contributed by atoms with E-state index in [9.17, 15) is 0 Å². The van der Waals surface area contributed by atoms with Crippen molar-refractivity contribution in [3.05, 3.63) is 0 Å². The van der Waals surface area contributed by atoms with Crippen LogP contribution in [0.5, 0.6) is 0 Å². The summed E-state index contributed by atoms with van der Waals surface area (Å²) in [5, 5.41) is 0. The van der Waals surface area contributed by atoms with E-state index in [4.69, 9.17) is 12.6 Å². The van der Waals surface area contributed by atoms with Crippen molar-refractivity contribution in [1.82, 2.24) is 0 Å². The van der Waals surface area contributed by atoms with Gasteiger partial charge in [0.1, 0.15) is 0 Å². The maximum atomic E-state index is 7.40. The van der Waals surface area contributed by atoms with Crippen LogP contribution in [-0.2, 0) is 0 Å². The minimum absolute atomic E-state index is 0. The van der Waals surface area contributed by atoms with E-state index in [0.717, 1.165) is 0 Å². The summed E-state index contributed by atoms with van der Waals surface area (Å²) in [6.07, 6.45) is 0. The van der Waals surface area contributed by atoms with Gasteiger partial charge in [-0.05, 0) is 0 Å². The van der Waals surface area contributed by atoms with E-state index in [0.29, 0.717) is 0 Å². The number of rotatable bonds is 0. The van der Waals surface area contributed by atoms with Gasteiger partial charge in [0.05, 0.1) is 0 Å². The van der Waals surface area contributed by atoms with Gasteiger partial charge in [0.15, 0.2) is 0 Å². The molecular weight excluding hydrogens is 1180 g/mol. The zero-order valence-electron chi connectivity index (χ0n) is 4.51. The molecule has 0 atom stereocenters. The maximum absolute atomic E-state index is 7.40. The molecule has 0 aromatic heterocycles. The van der Waals surface area contributed by atoms with Crippen molar-refractivity contribution in [3.8, 4) is 0 Å². The summed E-state index contributed by atoms with van der Waals surface area (Å²) in [4.78, 5) is 0. The first-order valence-electron chi connectivity index (χ1n) is 0.730. The Balaban J connectivity index is -0.0000000133. The summed E-state index contributed by atoms with van der Waals surface area (Å²) in [6, 6.07) is 0. The molecule has 46 valence electrons. The van der Waals surface area contributed by atoms with Crippen LogP contribution in [0.4, 0.5) is 0 Å². The van der Waals surface area contributed by atoms with E-state index in [1.165, 1.54) is 0 Å². The molecule has 9 heteroatoms. The standard InChI is InChI=1S/4Ac.4H2O.Po/h;;;;4*1H2;/q;;;;;;;;+4/p-4. The monoisotopic (exact) mass is 1190 g/mol. The van der Waals surface area contributed by atoms with Crippen molar-refractivity contribution in [1.29, 1.82) is 0 Å². The van der Waals surface area contributed by atoms with Crippen molar-refractivity contribution in [2.24, 2.45) is 0 Å². The molecular formula is H4Ac4O4Po. The minimum atomic E-state index is -5.17. The first-order valence-corrected chi connectivity index (χ1v) is 6.41. The van der Waals surface area contributed by atoms with Gasteiger partial charge < -0.3 is 0 Å².